The van der Waals surface area contributed by atoms with Crippen molar-refractivity contribution in [1.29, 1.82) is 0 Å². The van der Waals surface area contributed by atoms with Gasteiger partial charge in [0.05, 0.1) is 45.0 Å². The number of nitro benzene ring substituents is 2. The molecule has 0 bridgehead atoms. The monoisotopic (exact) mass is 383 g/mol. The van der Waals surface area contributed by atoms with Gasteiger partial charge in [0.1, 0.15) is 0 Å². The lowest BCUT2D eigenvalue weighted by atomic mass is 10.2. The zero-order chi connectivity index (χ0) is 20.3. The summed E-state index contributed by atoms with van der Waals surface area (Å²) in [6.45, 7) is 0. The average Bonchev–Trinajstić information content (AvgIpc) is 3.33. The summed E-state index contributed by atoms with van der Waals surface area (Å²) >= 11 is 0. The van der Waals surface area contributed by atoms with E-state index in [2.05, 4.69) is 14.8 Å². The zero-order valence-corrected chi connectivity index (χ0v) is 14.4. The van der Waals surface area contributed by atoms with E-state index in [-0.39, 0.29) is 16.3 Å². The van der Waals surface area contributed by atoms with Crippen LogP contribution in [0, 0.1) is 20.2 Å². The molecule has 2 aromatic heterocycles. The molecule has 11 nitrogen and oxygen atoms in total. The number of benzene rings is 2. The third-order valence-electron chi connectivity index (χ3n) is 3.90. The molecule has 0 aliphatic carbocycles. The standard InChI is InChI=1S/C9H7N3O4.C8H6N2O2/c1-16-9(13)11-7-3-2-4-8(12(14)15)6(7)5-10-11;11-10(12)8-3-1-2-7-6(8)4-5-9-7/h2-5H,1H3;1-5,9H. The smallest absolute Gasteiger partial charge is 0.434 e. The van der Waals surface area contributed by atoms with Crippen LogP contribution in [-0.2, 0) is 4.74 Å². The van der Waals surface area contributed by atoms with Crippen LogP contribution in [0.3, 0.4) is 0 Å². The highest BCUT2D eigenvalue weighted by Gasteiger charge is 2.17. The second-order valence-corrected chi connectivity index (χ2v) is 5.47. The van der Waals surface area contributed by atoms with Gasteiger partial charge in [-0.3, -0.25) is 20.2 Å². The molecule has 0 amide bonds. The number of ether oxygens (including phenoxy) is 1. The molecular formula is C17H13N5O6. The number of H-pyrrole nitrogens is 1. The highest BCUT2D eigenvalue weighted by molar-refractivity contribution is 5.93. The van der Waals surface area contributed by atoms with Gasteiger partial charge in [-0.1, -0.05) is 12.1 Å². The van der Waals surface area contributed by atoms with Crippen molar-refractivity contribution in [2.24, 2.45) is 0 Å². The first-order valence-electron chi connectivity index (χ1n) is 7.84. The fourth-order valence-corrected chi connectivity index (χ4v) is 2.66. The highest BCUT2D eigenvalue weighted by Crippen LogP contribution is 2.25. The Morgan fingerprint density at radius 2 is 1.68 bits per heavy atom. The molecule has 0 aliphatic rings. The lowest BCUT2D eigenvalue weighted by Crippen LogP contribution is -2.12. The quantitative estimate of drug-likeness (QED) is 0.410. The Labute approximate surface area is 156 Å². The normalized spacial score (nSPS) is 10.3. The molecule has 4 rings (SSSR count). The second kappa shape index (κ2) is 7.53. The molecule has 0 fully saturated rings. The molecule has 0 saturated heterocycles. The Balaban J connectivity index is 0.000000167. The van der Waals surface area contributed by atoms with Crippen molar-refractivity contribution in [2.75, 3.05) is 7.11 Å². The molecule has 0 radical (unpaired) electrons. The van der Waals surface area contributed by atoms with Crippen molar-refractivity contribution in [2.45, 2.75) is 0 Å². The fraction of sp³-hybridized carbons (Fsp3) is 0.0588. The maximum atomic E-state index is 11.3. The molecule has 4 aromatic rings. The second-order valence-electron chi connectivity index (χ2n) is 5.47. The number of fused-ring (bicyclic) bond motifs is 2. The third-order valence-corrected chi connectivity index (χ3v) is 3.90. The maximum absolute atomic E-state index is 11.3. The van der Waals surface area contributed by atoms with Crippen LogP contribution in [0.2, 0.25) is 0 Å². The van der Waals surface area contributed by atoms with Crippen LogP contribution in [0.4, 0.5) is 16.2 Å². The van der Waals surface area contributed by atoms with Gasteiger partial charge in [-0.15, -0.1) is 0 Å². The number of rotatable bonds is 2. The minimum atomic E-state index is -0.685. The minimum absolute atomic E-state index is 0.0901. The van der Waals surface area contributed by atoms with Gasteiger partial charge in [-0.2, -0.15) is 9.78 Å². The number of carbonyl (C=O) groups is 1. The molecule has 28 heavy (non-hydrogen) atoms. The Kier molecular flexibility index (Phi) is 4.98. The van der Waals surface area contributed by atoms with Crippen LogP contribution in [0.15, 0.2) is 54.9 Å². The van der Waals surface area contributed by atoms with E-state index in [0.717, 1.165) is 10.2 Å². The van der Waals surface area contributed by atoms with E-state index >= 15 is 0 Å². The summed E-state index contributed by atoms with van der Waals surface area (Å²) in [5.74, 6) is 0. The van der Waals surface area contributed by atoms with Gasteiger partial charge in [0.2, 0.25) is 0 Å². The molecule has 0 spiro atoms. The lowest BCUT2D eigenvalue weighted by Gasteiger charge is -1.99. The van der Waals surface area contributed by atoms with Gasteiger partial charge >= 0.3 is 6.09 Å². The summed E-state index contributed by atoms with van der Waals surface area (Å²) in [7, 11) is 1.22. The predicted octanol–water partition coefficient (Wildman–Crippen LogP) is 3.64. The van der Waals surface area contributed by atoms with Crippen LogP contribution in [0.1, 0.15) is 0 Å². The Hall–Kier alpha value is -4.28. The molecule has 142 valence electrons. The number of nitrogens with zero attached hydrogens (tertiary/aromatic N) is 4. The average molecular weight is 383 g/mol. The molecule has 0 atom stereocenters. The van der Waals surface area contributed by atoms with Gasteiger partial charge < -0.3 is 9.72 Å². The van der Waals surface area contributed by atoms with Gasteiger partial charge in [0, 0.05) is 18.3 Å². The number of nitrogens with one attached hydrogen (secondary N) is 1. The van der Waals surface area contributed by atoms with Gasteiger partial charge in [0.15, 0.2) is 0 Å². The van der Waals surface area contributed by atoms with Crippen LogP contribution in [-0.4, -0.2) is 37.8 Å². The number of non-ortho nitro benzene ring substituents is 2. The molecule has 0 saturated carbocycles. The first kappa shape index (κ1) is 18.5. The van der Waals surface area contributed by atoms with Crippen molar-refractivity contribution in [1.82, 2.24) is 14.8 Å². The van der Waals surface area contributed by atoms with Crippen molar-refractivity contribution >= 4 is 39.3 Å². The maximum Gasteiger partial charge on any atom is 0.434 e. The number of hydrogen-bond donors (Lipinski definition) is 1. The topological polar surface area (TPSA) is 146 Å². The Bertz CT molecular complexity index is 1200. The van der Waals surface area contributed by atoms with Crippen LogP contribution in [0.5, 0.6) is 0 Å². The summed E-state index contributed by atoms with van der Waals surface area (Å²) in [5, 5.41) is 25.9. The molecule has 2 aromatic carbocycles. The van der Waals surface area contributed by atoms with E-state index in [1.165, 1.54) is 31.5 Å². The minimum Gasteiger partial charge on any atom is -0.451 e. The first-order chi connectivity index (χ1) is 13.4. The number of carbonyl (C=O) groups excluding carboxylic acids is 1. The summed E-state index contributed by atoms with van der Waals surface area (Å²) in [6, 6.07) is 11.1. The Morgan fingerprint density at radius 1 is 1.04 bits per heavy atom. The molecule has 2 heterocycles. The van der Waals surface area contributed by atoms with E-state index in [9.17, 15) is 25.0 Å². The van der Waals surface area contributed by atoms with Gasteiger partial charge in [-0.05, 0) is 18.2 Å². The number of nitro groups is 2. The van der Waals surface area contributed by atoms with Gasteiger partial charge in [0.25, 0.3) is 11.4 Å². The molecule has 0 unspecified atom stereocenters. The van der Waals surface area contributed by atoms with E-state index in [1.54, 1.807) is 24.4 Å². The van der Waals surface area contributed by atoms with Crippen molar-refractivity contribution < 1.29 is 19.4 Å². The zero-order valence-electron chi connectivity index (χ0n) is 14.4. The number of methoxy groups -OCH3 is 1. The fourth-order valence-electron chi connectivity index (χ4n) is 2.66. The number of aromatic nitrogens is 3. The van der Waals surface area contributed by atoms with Crippen LogP contribution >= 0.6 is 0 Å². The SMILES string of the molecule is COC(=O)n1ncc2c([N+](=O)[O-])cccc21.O=[N+]([O-])c1cccc2[nH]ccc12. The summed E-state index contributed by atoms with van der Waals surface area (Å²) < 4.78 is 5.47. The van der Waals surface area contributed by atoms with Gasteiger partial charge in [-0.25, -0.2) is 4.79 Å². The van der Waals surface area contributed by atoms with Crippen molar-refractivity contribution in [3.8, 4) is 0 Å². The molecule has 1 N–H and O–H groups in total. The van der Waals surface area contributed by atoms with E-state index in [4.69, 9.17) is 0 Å². The number of aromatic amines is 1. The summed E-state index contributed by atoms with van der Waals surface area (Å²) in [4.78, 5) is 34.5. The summed E-state index contributed by atoms with van der Waals surface area (Å²) in [5.41, 5.74) is 1.20. The predicted molar refractivity (Wildman–Crippen MR) is 99.1 cm³/mol. The third kappa shape index (κ3) is 3.35. The van der Waals surface area contributed by atoms with Crippen molar-refractivity contribution in [3.63, 3.8) is 0 Å². The van der Waals surface area contributed by atoms with E-state index in [0.29, 0.717) is 16.3 Å². The highest BCUT2D eigenvalue weighted by atomic mass is 16.6. The van der Waals surface area contributed by atoms with E-state index in [1.807, 2.05) is 6.07 Å². The number of hydrogen-bond acceptors (Lipinski definition) is 7. The molecule has 0 aliphatic heterocycles. The largest absolute Gasteiger partial charge is 0.451 e. The first-order valence-corrected chi connectivity index (χ1v) is 7.84. The Morgan fingerprint density at radius 3 is 2.32 bits per heavy atom. The van der Waals surface area contributed by atoms with Crippen LogP contribution in [0.25, 0.3) is 21.8 Å². The molecular weight excluding hydrogens is 370 g/mol. The molecule has 11 heteroatoms. The van der Waals surface area contributed by atoms with E-state index < -0.39 is 11.0 Å². The lowest BCUT2D eigenvalue weighted by molar-refractivity contribution is -0.383. The van der Waals surface area contributed by atoms with Crippen LogP contribution < -0.4 is 0 Å². The summed E-state index contributed by atoms with van der Waals surface area (Å²) in [6.07, 6.45) is 2.28. The van der Waals surface area contributed by atoms with Crippen molar-refractivity contribution in [3.05, 3.63) is 75.1 Å².